The molecule has 0 atom stereocenters. The lowest BCUT2D eigenvalue weighted by Gasteiger charge is -2.32. The third kappa shape index (κ3) is 3.57. The molecule has 0 amide bonds. The van der Waals surface area contributed by atoms with Gasteiger partial charge in [0.25, 0.3) is 0 Å². The summed E-state index contributed by atoms with van der Waals surface area (Å²) in [6.45, 7) is 0.514. The minimum Gasteiger partial charge on any atom is -0.475 e. The number of hydrogen-bond acceptors (Lipinski definition) is 3. The van der Waals surface area contributed by atoms with E-state index in [1.54, 1.807) is 12.3 Å². The van der Waals surface area contributed by atoms with Crippen LogP contribution >= 0.6 is 27.5 Å². The molecule has 1 aromatic rings. The number of nitrogens with zero attached hydrogens (tertiary/aromatic N) is 1. The van der Waals surface area contributed by atoms with Crippen molar-refractivity contribution in [1.29, 1.82) is 0 Å². The van der Waals surface area contributed by atoms with Gasteiger partial charge in [0.1, 0.15) is 6.61 Å². The van der Waals surface area contributed by atoms with Crippen molar-refractivity contribution in [3.8, 4) is 5.88 Å². The van der Waals surface area contributed by atoms with Gasteiger partial charge in [-0.3, -0.25) is 0 Å². The first-order valence-corrected chi connectivity index (χ1v) is 6.99. The van der Waals surface area contributed by atoms with Gasteiger partial charge in [0.2, 0.25) is 5.88 Å². The van der Waals surface area contributed by atoms with Crippen LogP contribution in [0.3, 0.4) is 0 Å². The molecule has 1 saturated carbocycles. The highest BCUT2D eigenvalue weighted by Gasteiger charge is 2.28. The maximum atomic E-state index is 6.29. The molecule has 5 heteroatoms. The van der Waals surface area contributed by atoms with Crippen molar-refractivity contribution in [2.24, 2.45) is 5.73 Å². The second kappa shape index (κ2) is 5.55. The van der Waals surface area contributed by atoms with Crippen LogP contribution in [0, 0.1) is 0 Å². The van der Waals surface area contributed by atoms with Crippen LogP contribution in [0.2, 0.25) is 5.02 Å². The van der Waals surface area contributed by atoms with Crippen molar-refractivity contribution in [1.82, 2.24) is 4.98 Å². The Morgan fingerprint density at radius 2 is 2.12 bits per heavy atom. The van der Waals surface area contributed by atoms with Gasteiger partial charge < -0.3 is 10.5 Å². The molecule has 3 nitrogen and oxygen atoms in total. The van der Waals surface area contributed by atoms with E-state index < -0.39 is 0 Å². The Hall–Kier alpha value is -0.320. The number of pyridine rings is 1. The highest BCUT2D eigenvalue weighted by atomic mass is 79.9. The van der Waals surface area contributed by atoms with Crippen LogP contribution in [0.25, 0.3) is 0 Å². The van der Waals surface area contributed by atoms with Gasteiger partial charge in [-0.05, 0) is 34.8 Å². The molecule has 0 radical (unpaired) electrons. The van der Waals surface area contributed by atoms with Gasteiger partial charge in [-0.25, -0.2) is 4.98 Å². The Balaban J connectivity index is 1.97. The van der Waals surface area contributed by atoms with Crippen molar-refractivity contribution < 1.29 is 4.74 Å². The van der Waals surface area contributed by atoms with E-state index in [2.05, 4.69) is 20.9 Å². The third-order valence-electron chi connectivity index (χ3n) is 3.12. The quantitative estimate of drug-likeness (QED) is 0.927. The molecule has 17 heavy (non-hydrogen) atoms. The second-order valence-electron chi connectivity index (χ2n) is 4.65. The Morgan fingerprint density at radius 3 is 2.76 bits per heavy atom. The van der Waals surface area contributed by atoms with E-state index in [0.717, 1.165) is 17.3 Å². The summed E-state index contributed by atoms with van der Waals surface area (Å²) in [4.78, 5) is 4.14. The number of aromatic nitrogens is 1. The maximum absolute atomic E-state index is 6.29. The van der Waals surface area contributed by atoms with Gasteiger partial charge in [0, 0.05) is 6.20 Å². The van der Waals surface area contributed by atoms with Gasteiger partial charge in [-0.15, -0.1) is 0 Å². The lowest BCUT2D eigenvalue weighted by atomic mass is 9.83. The molecule has 1 aromatic heterocycles. The zero-order valence-electron chi connectivity index (χ0n) is 9.59. The molecular weight excluding hydrogens is 304 g/mol. The molecule has 0 spiro atoms. The molecule has 94 valence electrons. The smallest absolute Gasteiger partial charge is 0.228 e. The lowest BCUT2D eigenvalue weighted by molar-refractivity contribution is 0.168. The largest absolute Gasteiger partial charge is 0.475 e. The summed E-state index contributed by atoms with van der Waals surface area (Å²) < 4.78 is 6.46. The molecular formula is C12H16BrClN2O. The van der Waals surface area contributed by atoms with Crippen molar-refractivity contribution in [3.63, 3.8) is 0 Å². The Bertz CT molecular complexity index is 394. The van der Waals surface area contributed by atoms with E-state index in [4.69, 9.17) is 22.1 Å². The fourth-order valence-electron chi connectivity index (χ4n) is 2.12. The Labute approximate surface area is 115 Å². The molecule has 0 bridgehead atoms. The Morgan fingerprint density at radius 1 is 1.41 bits per heavy atom. The zero-order valence-corrected chi connectivity index (χ0v) is 11.9. The number of nitrogens with two attached hydrogens (primary N) is 1. The van der Waals surface area contributed by atoms with E-state index in [9.17, 15) is 0 Å². The summed E-state index contributed by atoms with van der Waals surface area (Å²) in [5.41, 5.74) is 6.10. The summed E-state index contributed by atoms with van der Waals surface area (Å²) in [6.07, 6.45) is 7.29. The topological polar surface area (TPSA) is 48.1 Å². The van der Waals surface area contributed by atoms with E-state index in [1.807, 2.05) is 0 Å². The monoisotopic (exact) mass is 318 g/mol. The molecule has 1 aliphatic rings. The first-order chi connectivity index (χ1) is 8.09. The summed E-state index contributed by atoms with van der Waals surface area (Å²) in [5, 5.41) is 0.587. The van der Waals surface area contributed by atoms with Crippen LogP contribution in [-0.4, -0.2) is 17.1 Å². The predicted molar refractivity (Wildman–Crippen MR) is 72.4 cm³/mol. The third-order valence-corrected chi connectivity index (χ3v) is 3.89. The van der Waals surface area contributed by atoms with Gasteiger partial charge >= 0.3 is 0 Å². The number of hydrogen-bond donors (Lipinski definition) is 1. The minimum atomic E-state index is -0.195. The normalized spacial score (nSPS) is 19.0. The molecule has 1 fully saturated rings. The summed E-state index contributed by atoms with van der Waals surface area (Å²) >= 11 is 9.20. The molecule has 2 N–H and O–H groups in total. The first-order valence-electron chi connectivity index (χ1n) is 5.82. The van der Waals surface area contributed by atoms with Gasteiger partial charge in [0.05, 0.1) is 15.0 Å². The van der Waals surface area contributed by atoms with Crippen molar-refractivity contribution in [2.45, 2.75) is 37.6 Å². The molecule has 0 aromatic carbocycles. The van der Waals surface area contributed by atoms with Crippen molar-refractivity contribution >= 4 is 27.5 Å². The molecule has 0 aliphatic heterocycles. The van der Waals surface area contributed by atoms with E-state index in [1.165, 1.54) is 19.3 Å². The maximum Gasteiger partial charge on any atom is 0.228 e. The van der Waals surface area contributed by atoms with Crippen LogP contribution in [0.1, 0.15) is 32.1 Å². The van der Waals surface area contributed by atoms with Crippen LogP contribution in [0.4, 0.5) is 0 Å². The second-order valence-corrected chi connectivity index (χ2v) is 5.94. The van der Waals surface area contributed by atoms with E-state index in [0.29, 0.717) is 17.5 Å². The molecule has 2 rings (SSSR count). The van der Waals surface area contributed by atoms with Crippen LogP contribution in [-0.2, 0) is 0 Å². The average molecular weight is 320 g/mol. The van der Waals surface area contributed by atoms with Gasteiger partial charge in [-0.1, -0.05) is 30.9 Å². The van der Waals surface area contributed by atoms with Crippen LogP contribution in [0.5, 0.6) is 5.88 Å². The van der Waals surface area contributed by atoms with Crippen LogP contribution < -0.4 is 10.5 Å². The van der Waals surface area contributed by atoms with E-state index in [-0.39, 0.29) is 5.54 Å². The molecule has 1 heterocycles. The summed E-state index contributed by atoms with van der Waals surface area (Å²) in [6, 6.07) is 1.77. The number of rotatable bonds is 3. The first kappa shape index (κ1) is 13.1. The minimum absolute atomic E-state index is 0.195. The Kier molecular flexibility index (Phi) is 4.28. The van der Waals surface area contributed by atoms with Crippen molar-refractivity contribution in [3.05, 3.63) is 21.8 Å². The number of ether oxygens (including phenoxy) is 1. The predicted octanol–water partition coefficient (Wildman–Crippen LogP) is 3.54. The highest BCUT2D eigenvalue weighted by Crippen LogP contribution is 2.29. The molecule has 0 unspecified atom stereocenters. The summed E-state index contributed by atoms with van der Waals surface area (Å²) in [7, 11) is 0. The highest BCUT2D eigenvalue weighted by molar-refractivity contribution is 9.10. The van der Waals surface area contributed by atoms with Gasteiger partial charge in [0.15, 0.2) is 0 Å². The molecule has 1 aliphatic carbocycles. The SMILES string of the molecule is NC1(COc2ncc(Cl)cc2Br)CCCCC1. The lowest BCUT2D eigenvalue weighted by Crippen LogP contribution is -2.47. The zero-order chi connectivity index (χ0) is 12.3. The average Bonchev–Trinajstić information content (AvgIpc) is 2.29. The summed E-state index contributed by atoms with van der Waals surface area (Å²) in [5.74, 6) is 0.560. The standard InChI is InChI=1S/C12H16BrClN2O/c13-10-6-9(14)7-16-11(10)17-8-12(15)4-2-1-3-5-12/h6-7H,1-5,8,15H2. The van der Waals surface area contributed by atoms with E-state index >= 15 is 0 Å². The molecule has 0 saturated heterocycles. The number of halogens is 2. The van der Waals surface area contributed by atoms with Crippen LogP contribution in [0.15, 0.2) is 16.7 Å². The fourth-order valence-corrected chi connectivity index (χ4v) is 2.87. The van der Waals surface area contributed by atoms with Crippen molar-refractivity contribution in [2.75, 3.05) is 6.61 Å². The van der Waals surface area contributed by atoms with Gasteiger partial charge in [-0.2, -0.15) is 0 Å². The fraction of sp³-hybridized carbons (Fsp3) is 0.583.